The zero-order valence-corrected chi connectivity index (χ0v) is 12.5. The molecule has 0 spiro atoms. The Balaban J connectivity index is 2.28. The fourth-order valence-corrected chi connectivity index (χ4v) is 2.44. The summed E-state index contributed by atoms with van der Waals surface area (Å²) in [6.45, 7) is 4.23. The van der Waals surface area contributed by atoms with Crippen molar-refractivity contribution in [1.29, 1.82) is 0 Å². The summed E-state index contributed by atoms with van der Waals surface area (Å²) in [5, 5.41) is 3.95. The van der Waals surface area contributed by atoms with Gasteiger partial charge in [-0.15, -0.1) is 0 Å². The maximum atomic E-state index is 6.17. The molecule has 5 heteroatoms. The number of hydrogen-bond donors (Lipinski definition) is 1. The fraction of sp³-hybridized carbons (Fsp3) is 0.250. The van der Waals surface area contributed by atoms with Crippen LogP contribution < -0.4 is 5.32 Å². The first-order valence-electron chi connectivity index (χ1n) is 5.33. The van der Waals surface area contributed by atoms with Crippen LogP contribution in [0, 0.1) is 3.57 Å². The predicted molar refractivity (Wildman–Crippen MR) is 80.1 cm³/mol. The molecule has 90 valence electrons. The molecule has 2 aromatic rings. The molecule has 0 saturated carbocycles. The van der Waals surface area contributed by atoms with Crippen molar-refractivity contribution in [3.63, 3.8) is 0 Å². The molecule has 0 aliphatic heterocycles. The normalized spacial score (nSPS) is 10.9. The number of benzene rings is 1. The number of imidazole rings is 1. The lowest BCUT2D eigenvalue weighted by Crippen LogP contribution is -2.05. The number of hydrogen-bond acceptors (Lipinski definition) is 2. The average molecular weight is 362 g/mol. The second-order valence-electron chi connectivity index (χ2n) is 4.00. The van der Waals surface area contributed by atoms with Gasteiger partial charge in [0.15, 0.2) is 0 Å². The Bertz CT molecular complexity index is 522. The summed E-state index contributed by atoms with van der Waals surface area (Å²) in [7, 11) is 0. The SMILES string of the molecule is CC(C)n1ccnc1Nc1ccc(I)cc1Cl. The molecule has 0 fully saturated rings. The summed E-state index contributed by atoms with van der Waals surface area (Å²) in [6, 6.07) is 6.26. The Morgan fingerprint density at radius 1 is 1.41 bits per heavy atom. The average Bonchev–Trinajstić information content (AvgIpc) is 2.70. The molecule has 0 aliphatic rings. The van der Waals surface area contributed by atoms with Gasteiger partial charge in [-0.3, -0.25) is 0 Å². The minimum absolute atomic E-state index is 0.364. The van der Waals surface area contributed by atoms with Crippen LogP contribution in [-0.2, 0) is 0 Å². The van der Waals surface area contributed by atoms with Crippen molar-refractivity contribution >= 4 is 45.8 Å². The quantitative estimate of drug-likeness (QED) is 0.818. The van der Waals surface area contributed by atoms with Crippen molar-refractivity contribution in [3.05, 3.63) is 39.2 Å². The highest BCUT2D eigenvalue weighted by molar-refractivity contribution is 14.1. The lowest BCUT2D eigenvalue weighted by Gasteiger charge is -2.13. The lowest BCUT2D eigenvalue weighted by molar-refractivity contribution is 0.608. The Kier molecular flexibility index (Phi) is 3.93. The van der Waals surface area contributed by atoms with Crippen molar-refractivity contribution in [2.24, 2.45) is 0 Å². The van der Waals surface area contributed by atoms with Crippen LogP contribution in [0.25, 0.3) is 0 Å². The summed E-state index contributed by atoms with van der Waals surface area (Å²) in [5.41, 5.74) is 0.875. The van der Waals surface area contributed by atoms with Crippen molar-refractivity contribution in [2.75, 3.05) is 5.32 Å². The smallest absolute Gasteiger partial charge is 0.207 e. The Hall–Kier alpha value is -0.750. The van der Waals surface area contributed by atoms with Crippen molar-refractivity contribution in [1.82, 2.24) is 9.55 Å². The van der Waals surface area contributed by atoms with Gasteiger partial charge < -0.3 is 9.88 Å². The van der Waals surface area contributed by atoms with E-state index in [1.54, 1.807) is 6.20 Å². The van der Waals surface area contributed by atoms with Gasteiger partial charge in [0.25, 0.3) is 0 Å². The second kappa shape index (κ2) is 5.27. The van der Waals surface area contributed by atoms with Crippen molar-refractivity contribution in [3.8, 4) is 0 Å². The summed E-state index contributed by atoms with van der Waals surface area (Å²) < 4.78 is 3.18. The molecule has 0 bridgehead atoms. The number of anilines is 2. The summed E-state index contributed by atoms with van der Waals surface area (Å²) in [5.74, 6) is 0.808. The summed E-state index contributed by atoms with van der Waals surface area (Å²) in [6.07, 6.45) is 3.73. The predicted octanol–water partition coefficient (Wildman–Crippen LogP) is 4.47. The fourth-order valence-electron chi connectivity index (χ4n) is 1.54. The van der Waals surface area contributed by atoms with Gasteiger partial charge in [-0.25, -0.2) is 4.98 Å². The Morgan fingerprint density at radius 3 is 2.82 bits per heavy atom. The molecule has 17 heavy (non-hydrogen) atoms. The van der Waals surface area contributed by atoms with Crippen LogP contribution in [-0.4, -0.2) is 9.55 Å². The third kappa shape index (κ3) is 2.93. The standard InChI is InChI=1S/C12H13ClIN3/c1-8(2)17-6-5-15-12(17)16-11-4-3-9(14)7-10(11)13/h3-8H,1-2H3,(H,15,16). The van der Waals surface area contributed by atoms with Crippen molar-refractivity contribution < 1.29 is 0 Å². The zero-order chi connectivity index (χ0) is 12.4. The van der Waals surface area contributed by atoms with Crippen LogP contribution in [0.15, 0.2) is 30.6 Å². The van der Waals surface area contributed by atoms with E-state index >= 15 is 0 Å². The molecule has 1 aromatic heterocycles. The molecule has 1 N–H and O–H groups in total. The number of rotatable bonds is 3. The van der Waals surface area contributed by atoms with Crippen LogP contribution >= 0.6 is 34.2 Å². The molecule has 0 saturated heterocycles. The number of halogens is 2. The first-order chi connectivity index (χ1) is 8.08. The van der Waals surface area contributed by atoms with Crippen molar-refractivity contribution in [2.45, 2.75) is 19.9 Å². The van der Waals surface area contributed by atoms with Gasteiger partial charge in [-0.2, -0.15) is 0 Å². The molecular formula is C12H13ClIN3. The van der Waals surface area contributed by atoms with E-state index in [0.29, 0.717) is 11.1 Å². The van der Waals surface area contributed by atoms with Crippen LogP contribution in [0.1, 0.15) is 19.9 Å². The minimum atomic E-state index is 0.364. The highest BCUT2D eigenvalue weighted by Gasteiger charge is 2.08. The maximum absolute atomic E-state index is 6.17. The minimum Gasteiger partial charge on any atom is -0.324 e. The third-order valence-electron chi connectivity index (χ3n) is 2.40. The molecule has 0 amide bonds. The van der Waals surface area contributed by atoms with E-state index in [1.807, 2.05) is 24.4 Å². The molecule has 1 heterocycles. The largest absolute Gasteiger partial charge is 0.324 e. The molecule has 0 radical (unpaired) electrons. The van der Waals surface area contributed by atoms with E-state index in [-0.39, 0.29) is 0 Å². The molecular weight excluding hydrogens is 349 g/mol. The summed E-state index contributed by atoms with van der Waals surface area (Å²) >= 11 is 8.41. The van der Waals surface area contributed by atoms with E-state index < -0.39 is 0 Å². The Labute approximate surface area is 119 Å². The van der Waals surface area contributed by atoms with E-state index in [2.05, 4.69) is 51.3 Å². The first-order valence-corrected chi connectivity index (χ1v) is 6.78. The van der Waals surface area contributed by atoms with Gasteiger partial charge in [-0.1, -0.05) is 11.6 Å². The number of aromatic nitrogens is 2. The van der Waals surface area contributed by atoms with Gasteiger partial charge in [-0.05, 0) is 54.6 Å². The van der Waals surface area contributed by atoms with E-state index in [1.165, 1.54) is 0 Å². The maximum Gasteiger partial charge on any atom is 0.207 e. The van der Waals surface area contributed by atoms with Crippen LogP contribution in [0.2, 0.25) is 5.02 Å². The molecule has 0 atom stereocenters. The third-order valence-corrected chi connectivity index (χ3v) is 3.39. The first kappa shape index (κ1) is 12.7. The molecule has 3 nitrogen and oxygen atoms in total. The summed E-state index contributed by atoms with van der Waals surface area (Å²) in [4.78, 5) is 4.29. The van der Waals surface area contributed by atoms with E-state index in [9.17, 15) is 0 Å². The molecule has 0 unspecified atom stereocenters. The zero-order valence-electron chi connectivity index (χ0n) is 9.61. The van der Waals surface area contributed by atoms with Gasteiger partial charge in [0.2, 0.25) is 5.95 Å². The monoisotopic (exact) mass is 361 g/mol. The molecule has 1 aromatic carbocycles. The van der Waals surface area contributed by atoms with Crippen LogP contribution in [0.4, 0.5) is 11.6 Å². The molecule has 2 rings (SSSR count). The topological polar surface area (TPSA) is 29.9 Å². The van der Waals surface area contributed by atoms with E-state index in [0.717, 1.165) is 15.2 Å². The number of nitrogens with one attached hydrogen (secondary N) is 1. The molecule has 0 aliphatic carbocycles. The lowest BCUT2D eigenvalue weighted by atomic mass is 10.3. The number of nitrogens with zero attached hydrogens (tertiary/aromatic N) is 2. The van der Waals surface area contributed by atoms with Crippen LogP contribution in [0.5, 0.6) is 0 Å². The highest BCUT2D eigenvalue weighted by atomic mass is 127. The highest BCUT2D eigenvalue weighted by Crippen LogP contribution is 2.27. The van der Waals surface area contributed by atoms with Gasteiger partial charge in [0, 0.05) is 22.0 Å². The van der Waals surface area contributed by atoms with Crippen LogP contribution in [0.3, 0.4) is 0 Å². The Morgan fingerprint density at radius 2 is 2.18 bits per heavy atom. The van der Waals surface area contributed by atoms with Gasteiger partial charge >= 0.3 is 0 Å². The second-order valence-corrected chi connectivity index (χ2v) is 5.65. The van der Waals surface area contributed by atoms with Gasteiger partial charge in [0.1, 0.15) is 0 Å². The van der Waals surface area contributed by atoms with E-state index in [4.69, 9.17) is 11.6 Å². The van der Waals surface area contributed by atoms with Gasteiger partial charge in [0.05, 0.1) is 10.7 Å².